The van der Waals surface area contributed by atoms with Crippen LogP contribution >= 0.6 is 0 Å². The van der Waals surface area contributed by atoms with E-state index in [0.29, 0.717) is 24.7 Å². The van der Waals surface area contributed by atoms with E-state index in [1.54, 1.807) is 0 Å². The van der Waals surface area contributed by atoms with Gasteiger partial charge in [0.25, 0.3) is 6.02 Å². The van der Waals surface area contributed by atoms with Crippen molar-refractivity contribution in [2.75, 3.05) is 33.2 Å². The Balaban J connectivity index is 1.53. The van der Waals surface area contributed by atoms with Crippen LogP contribution < -0.4 is 0 Å². The predicted octanol–water partition coefficient (Wildman–Crippen LogP) is 3.90. The van der Waals surface area contributed by atoms with Gasteiger partial charge in [-0.2, -0.15) is 0 Å². The van der Waals surface area contributed by atoms with Gasteiger partial charge in [0.15, 0.2) is 17.5 Å². The van der Waals surface area contributed by atoms with Crippen molar-refractivity contribution in [1.82, 2.24) is 9.80 Å². The van der Waals surface area contributed by atoms with Gasteiger partial charge in [0, 0.05) is 13.1 Å². The van der Waals surface area contributed by atoms with Crippen molar-refractivity contribution in [3.05, 3.63) is 70.5 Å². The van der Waals surface area contributed by atoms with Crippen molar-refractivity contribution < 1.29 is 17.9 Å². The van der Waals surface area contributed by atoms with Crippen LogP contribution in [-0.4, -0.2) is 54.6 Å². The summed E-state index contributed by atoms with van der Waals surface area (Å²) in [6.07, 6.45) is 2.74. The van der Waals surface area contributed by atoms with Crippen LogP contribution in [0, 0.1) is 17.5 Å². The van der Waals surface area contributed by atoms with Gasteiger partial charge in [0.05, 0.1) is 12.6 Å². The molecule has 3 heterocycles. The van der Waals surface area contributed by atoms with Crippen LogP contribution in [0.4, 0.5) is 13.2 Å². The second-order valence-corrected chi connectivity index (χ2v) is 8.57. The Morgan fingerprint density at radius 3 is 2.63 bits per heavy atom. The highest BCUT2D eigenvalue weighted by Gasteiger charge is 2.44. The largest absolute Gasteiger partial charge is 0.455 e. The fraction of sp³-hybridized carbons (Fsp3) is 0.435. The molecule has 3 aliphatic rings. The molecule has 7 heteroatoms. The summed E-state index contributed by atoms with van der Waals surface area (Å²) in [4.78, 5) is 8.93. The van der Waals surface area contributed by atoms with Gasteiger partial charge < -0.3 is 14.5 Å². The first-order valence-electron chi connectivity index (χ1n) is 10.4. The molecule has 0 aromatic heterocycles. The molecule has 30 heavy (non-hydrogen) atoms. The van der Waals surface area contributed by atoms with Crippen molar-refractivity contribution >= 4 is 6.02 Å². The monoisotopic (exact) mass is 415 g/mol. The van der Waals surface area contributed by atoms with Crippen LogP contribution in [0.25, 0.3) is 0 Å². The molecule has 0 radical (unpaired) electrons. The van der Waals surface area contributed by atoms with Crippen molar-refractivity contribution in [3.8, 4) is 0 Å². The minimum Gasteiger partial charge on any atom is -0.455 e. The molecule has 0 aliphatic carbocycles. The average Bonchev–Trinajstić information content (AvgIpc) is 3.13. The first kappa shape index (κ1) is 19.4. The number of hydrogen-bond acceptors (Lipinski definition) is 4. The molecule has 1 saturated heterocycles. The summed E-state index contributed by atoms with van der Waals surface area (Å²) in [5, 5.41) is 0. The summed E-state index contributed by atoms with van der Waals surface area (Å²) >= 11 is 0. The minimum atomic E-state index is -1.45. The van der Waals surface area contributed by atoms with E-state index in [-0.39, 0.29) is 5.60 Å². The number of amidine groups is 1. The summed E-state index contributed by atoms with van der Waals surface area (Å²) < 4.78 is 48.3. The molecule has 4 nitrogen and oxygen atoms in total. The smallest absolute Gasteiger partial charge is 0.288 e. The van der Waals surface area contributed by atoms with Gasteiger partial charge in [-0.15, -0.1) is 0 Å². The zero-order chi connectivity index (χ0) is 20.9. The Hall–Kier alpha value is -2.54. The van der Waals surface area contributed by atoms with Crippen molar-refractivity contribution in [3.63, 3.8) is 0 Å². The van der Waals surface area contributed by atoms with Gasteiger partial charge in [-0.05, 0) is 61.7 Å². The maximum atomic E-state index is 14.1. The van der Waals surface area contributed by atoms with E-state index < -0.39 is 23.5 Å². The average molecular weight is 415 g/mol. The molecule has 158 valence electrons. The lowest BCUT2D eigenvalue weighted by Crippen LogP contribution is -2.51. The summed E-state index contributed by atoms with van der Waals surface area (Å²) in [5.41, 5.74) is 2.05. The van der Waals surface area contributed by atoms with Crippen molar-refractivity contribution in [2.24, 2.45) is 4.99 Å². The highest BCUT2D eigenvalue weighted by Crippen LogP contribution is 2.39. The summed E-state index contributed by atoms with van der Waals surface area (Å²) in [6.45, 7) is 3.01. The molecule has 2 aromatic rings. The minimum absolute atomic E-state index is 0.344. The molecule has 2 aromatic carbocycles. The number of fused-ring (bicyclic) bond motifs is 1. The Morgan fingerprint density at radius 1 is 1.10 bits per heavy atom. The van der Waals surface area contributed by atoms with E-state index >= 15 is 0 Å². The number of halogens is 3. The second kappa shape index (κ2) is 7.30. The van der Waals surface area contributed by atoms with E-state index in [9.17, 15) is 13.2 Å². The maximum Gasteiger partial charge on any atom is 0.288 e. The maximum absolute atomic E-state index is 14.1. The van der Waals surface area contributed by atoms with Gasteiger partial charge in [0.1, 0.15) is 5.60 Å². The summed E-state index contributed by atoms with van der Waals surface area (Å²) in [6, 6.07) is 10.0. The third kappa shape index (κ3) is 3.25. The Kier molecular flexibility index (Phi) is 4.73. The highest BCUT2D eigenvalue weighted by molar-refractivity contribution is 5.78. The summed E-state index contributed by atoms with van der Waals surface area (Å²) in [5.74, 6) is -3.83. The molecule has 1 spiro atoms. The predicted molar refractivity (Wildman–Crippen MR) is 108 cm³/mol. The molecular weight excluding hydrogens is 391 g/mol. The van der Waals surface area contributed by atoms with Crippen molar-refractivity contribution in [1.29, 1.82) is 0 Å². The molecule has 0 saturated carbocycles. The van der Waals surface area contributed by atoms with Gasteiger partial charge in [-0.25, -0.2) is 18.2 Å². The number of hydrogen-bond donors (Lipinski definition) is 0. The normalized spacial score (nSPS) is 26.5. The van der Waals surface area contributed by atoms with Crippen LogP contribution in [0.15, 0.2) is 41.4 Å². The number of nitrogens with zero attached hydrogens (tertiary/aromatic N) is 3. The zero-order valence-corrected chi connectivity index (χ0v) is 16.9. The quantitative estimate of drug-likeness (QED) is 0.662. The Morgan fingerprint density at radius 2 is 1.87 bits per heavy atom. The lowest BCUT2D eigenvalue weighted by Gasteiger charge is -2.41. The molecule has 0 N–H and O–H groups in total. The van der Waals surface area contributed by atoms with E-state index in [4.69, 9.17) is 9.73 Å². The topological polar surface area (TPSA) is 28.1 Å². The molecular formula is C23H24F3N3O. The lowest BCUT2D eigenvalue weighted by atomic mass is 9.88. The fourth-order valence-corrected chi connectivity index (χ4v) is 5.02. The second-order valence-electron chi connectivity index (χ2n) is 8.57. The molecule has 3 aliphatic heterocycles. The number of rotatable bonds is 1. The van der Waals surface area contributed by atoms with Crippen molar-refractivity contribution in [2.45, 2.75) is 30.9 Å². The molecule has 1 fully saturated rings. The van der Waals surface area contributed by atoms with Crippen LogP contribution in [0.5, 0.6) is 0 Å². The Labute approximate surface area is 174 Å². The number of likely N-dealkylation sites (tertiary alicyclic amines) is 1. The number of piperidine rings is 1. The molecule has 0 amide bonds. The standard InChI is InChI=1S/C23H24F3N3O/c1-28-9-4-8-23(14-28)13-27-22(30-23)29-10-7-15-5-2-3-6-17(15)21(29)16-11-18(24)20(26)19(25)12-16/h2-3,5-6,11-12,21H,4,7-10,13-14H2,1H3/t21-,23-/m0/s1. The van der Waals surface area contributed by atoms with Crippen LogP contribution in [0.3, 0.4) is 0 Å². The van der Waals surface area contributed by atoms with Crippen LogP contribution in [-0.2, 0) is 11.2 Å². The first-order chi connectivity index (χ1) is 14.5. The van der Waals surface area contributed by atoms with Gasteiger partial charge in [0.2, 0.25) is 0 Å². The number of likely N-dealkylation sites (N-methyl/N-ethyl adjacent to an activating group) is 1. The van der Waals surface area contributed by atoms with Gasteiger partial charge in [-0.3, -0.25) is 0 Å². The first-order valence-corrected chi connectivity index (χ1v) is 10.4. The number of benzene rings is 2. The SMILES string of the molecule is CN1CCC[C@]2(CN=C(N3CCc4ccccc4[C@@H]3c3cc(F)c(F)c(F)c3)O2)C1. The van der Waals surface area contributed by atoms with Gasteiger partial charge >= 0.3 is 0 Å². The fourth-order valence-electron chi connectivity index (χ4n) is 5.02. The molecule has 0 bridgehead atoms. The highest BCUT2D eigenvalue weighted by atomic mass is 19.2. The molecule has 2 atom stereocenters. The lowest BCUT2D eigenvalue weighted by molar-refractivity contribution is 0.000247. The zero-order valence-electron chi connectivity index (χ0n) is 16.9. The van der Waals surface area contributed by atoms with Crippen LogP contribution in [0.1, 0.15) is 35.6 Å². The number of aliphatic imine (C=N–C) groups is 1. The summed E-state index contributed by atoms with van der Waals surface area (Å²) in [7, 11) is 2.08. The van der Waals surface area contributed by atoms with E-state index in [0.717, 1.165) is 55.6 Å². The van der Waals surface area contributed by atoms with E-state index in [1.165, 1.54) is 0 Å². The third-order valence-electron chi connectivity index (χ3n) is 6.39. The molecule has 5 rings (SSSR count). The Bertz CT molecular complexity index is 988. The van der Waals surface area contributed by atoms with E-state index in [1.807, 2.05) is 29.2 Å². The third-order valence-corrected chi connectivity index (χ3v) is 6.39. The van der Waals surface area contributed by atoms with E-state index in [2.05, 4.69) is 11.9 Å². The van der Waals surface area contributed by atoms with Crippen LogP contribution in [0.2, 0.25) is 0 Å². The molecule has 0 unspecified atom stereocenters. The number of ether oxygens (including phenoxy) is 1. The van der Waals surface area contributed by atoms with Gasteiger partial charge in [-0.1, -0.05) is 24.3 Å².